The summed E-state index contributed by atoms with van der Waals surface area (Å²) in [5.74, 6) is 0. The smallest absolute Gasteiger partial charge is 0.0803 e. The van der Waals surface area contributed by atoms with Gasteiger partial charge in [-0.15, -0.1) is 0 Å². The largest absolute Gasteiger partial charge is 0.398 e. The molecular formula is C15H10N4. The molecule has 0 spiro atoms. The molecule has 90 valence electrons. The number of hydrogen-bond acceptors (Lipinski definition) is 4. The molecule has 0 unspecified atom stereocenters. The van der Waals surface area contributed by atoms with Gasteiger partial charge in [-0.05, 0) is 23.6 Å². The molecule has 0 saturated heterocycles. The third-order valence-corrected chi connectivity index (χ3v) is 3.42. The minimum absolute atomic E-state index is 0.746. The first-order chi connectivity index (χ1) is 9.34. The van der Waals surface area contributed by atoms with Crippen LogP contribution in [0.15, 0.2) is 49.2 Å². The number of anilines is 1. The van der Waals surface area contributed by atoms with E-state index in [-0.39, 0.29) is 0 Å². The lowest BCUT2D eigenvalue weighted by Gasteiger charge is -2.08. The highest BCUT2D eigenvalue weighted by atomic mass is 14.7. The van der Waals surface area contributed by atoms with Crippen LogP contribution in [0.2, 0.25) is 0 Å². The van der Waals surface area contributed by atoms with Crippen LogP contribution in [0.5, 0.6) is 0 Å². The predicted octanol–water partition coefficient (Wildman–Crippen LogP) is 2.91. The Bertz CT molecular complexity index is 931. The van der Waals surface area contributed by atoms with Gasteiger partial charge in [-0.3, -0.25) is 15.0 Å². The summed E-state index contributed by atoms with van der Waals surface area (Å²) >= 11 is 0. The topological polar surface area (TPSA) is 64.7 Å². The van der Waals surface area contributed by atoms with Crippen LogP contribution in [-0.2, 0) is 0 Å². The number of fused-ring (bicyclic) bond motifs is 5. The van der Waals surface area contributed by atoms with Crippen molar-refractivity contribution >= 4 is 38.1 Å². The summed E-state index contributed by atoms with van der Waals surface area (Å²) in [6, 6.07) is 5.89. The molecule has 0 atom stereocenters. The van der Waals surface area contributed by atoms with E-state index in [1.165, 1.54) is 0 Å². The molecule has 0 saturated carbocycles. The summed E-state index contributed by atoms with van der Waals surface area (Å²) in [5, 5.41) is 5.13. The molecule has 0 aliphatic rings. The standard InChI is InChI=1S/C15H10N4/c16-14-5-12-10-1-3-17-6-9(10)7-19-15(12)13-8-18-4-2-11(13)14/h1-8H,16H2. The molecule has 4 heteroatoms. The van der Waals surface area contributed by atoms with Gasteiger partial charge in [-0.2, -0.15) is 0 Å². The third-order valence-electron chi connectivity index (χ3n) is 3.42. The number of rotatable bonds is 0. The van der Waals surface area contributed by atoms with Gasteiger partial charge >= 0.3 is 0 Å². The normalized spacial score (nSPS) is 11.4. The van der Waals surface area contributed by atoms with Crippen molar-refractivity contribution in [3.8, 4) is 0 Å². The fourth-order valence-corrected chi connectivity index (χ4v) is 2.51. The first-order valence-electron chi connectivity index (χ1n) is 5.99. The Morgan fingerprint density at radius 3 is 2.47 bits per heavy atom. The van der Waals surface area contributed by atoms with E-state index in [1.807, 2.05) is 36.8 Å². The molecule has 0 amide bonds. The van der Waals surface area contributed by atoms with E-state index in [9.17, 15) is 0 Å². The summed E-state index contributed by atoms with van der Waals surface area (Å²) in [6.07, 6.45) is 8.99. The van der Waals surface area contributed by atoms with Crippen LogP contribution < -0.4 is 5.73 Å². The van der Waals surface area contributed by atoms with Gasteiger partial charge in [0.2, 0.25) is 0 Å². The van der Waals surface area contributed by atoms with E-state index in [0.717, 1.165) is 38.1 Å². The predicted molar refractivity (Wildman–Crippen MR) is 76.8 cm³/mol. The monoisotopic (exact) mass is 246 g/mol. The molecule has 1 aromatic carbocycles. The number of pyridine rings is 3. The zero-order valence-electron chi connectivity index (χ0n) is 10.0. The van der Waals surface area contributed by atoms with Crippen LogP contribution in [0.4, 0.5) is 5.69 Å². The molecule has 0 bridgehead atoms. The molecule has 0 fully saturated rings. The highest BCUT2D eigenvalue weighted by Gasteiger charge is 2.08. The molecule has 19 heavy (non-hydrogen) atoms. The Kier molecular flexibility index (Phi) is 1.94. The zero-order chi connectivity index (χ0) is 12.8. The van der Waals surface area contributed by atoms with Gasteiger partial charge in [0, 0.05) is 58.2 Å². The molecule has 4 aromatic rings. The Balaban J connectivity index is 2.34. The Morgan fingerprint density at radius 1 is 0.789 bits per heavy atom. The summed E-state index contributed by atoms with van der Waals surface area (Å²) < 4.78 is 0. The molecule has 0 aliphatic carbocycles. The van der Waals surface area contributed by atoms with Crippen molar-refractivity contribution < 1.29 is 0 Å². The van der Waals surface area contributed by atoms with Crippen LogP contribution in [0.3, 0.4) is 0 Å². The summed E-state index contributed by atoms with van der Waals surface area (Å²) in [5.41, 5.74) is 7.82. The van der Waals surface area contributed by atoms with Gasteiger partial charge < -0.3 is 5.73 Å². The second-order valence-corrected chi connectivity index (χ2v) is 4.50. The summed E-state index contributed by atoms with van der Waals surface area (Å²) in [6.45, 7) is 0. The fourth-order valence-electron chi connectivity index (χ4n) is 2.51. The van der Waals surface area contributed by atoms with Crippen LogP contribution in [0, 0.1) is 0 Å². The first kappa shape index (κ1) is 10.2. The van der Waals surface area contributed by atoms with E-state index in [4.69, 9.17) is 5.73 Å². The number of nitrogen functional groups attached to an aromatic ring is 1. The third kappa shape index (κ3) is 1.37. The second-order valence-electron chi connectivity index (χ2n) is 4.50. The van der Waals surface area contributed by atoms with Crippen molar-refractivity contribution in [3.63, 3.8) is 0 Å². The van der Waals surface area contributed by atoms with Crippen LogP contribution >= 0.6 is 0 Å². The van der Waals surface area contributed by atoms with E-state index in [0.29, 0.717) is 0 Å². The molecule has 3 aromatic heterocycles. The van der Waals surface area contributed by atoms with Crippen LogP contribution in [0.25, 0.3) is 32.4 Å². The Labute approximate surface area is 108 Å². The molecule has 2 N–H and O–H groups in total. The van der Waals surface area contributed by atoms with Gasteiger partial charge in [0.1, 0.15) is 0 Å². The Hall–Kier alpha value is -2.75. The highest BCUT2D eigenvalue weighted by molar-refractivity contribution is 6.17. The van der Waals surface area contributed by atoms with Crippen LogP contribution in [0.1, 0.15) is 0 Å². The molecule has 4 rings (SSSR count). The van der Waals surface area contributed by atoms with Crippen molar-refractivity contribution in [1.82, 2.24) is 15.0 Å². The van der Waals surface area contributed by atoms with E-state index >= 15 is 0 Å². The van der Waals surface area contributed by atoms with E-state index < -0.39 is 0 Å². The van der Waals surface area contributed by atoms with Gasteiger partial charge in [-0.1, -0.05) is 0 Å². The van der Waals surface area contributed by atoms with E-state index in [1.54, 1.807) is 12.4 Å². The minimum Gasteiger partial charge on any atom is -0.398 e. The number of aromatic nitrogens is 3. The lowest BCUT2D eigenvalue weighted by molar-refractivity contribution is 1.34. The second kappa shape index (κ2) is 3.62. The van der Waals surface area contributed by atoms with Crippen molar-refractivity contribution in [1.29, 1.82) is 0 Å². The number of benzene rings is 1. The Morgan fingerprint density at radius 2 is 1.58 bits per heavy atom. The average Bonchev–Trinajstić information content (AvgIpc) is 2.47. The van der Waals surface area contributed by atoms with Crippen molar-refractivity contribution in [2.24, 2.45) is 0 Å². The maximum atomic E-state index is 6.14. The van der Waals surface area contributed by atoms with Gasteiger partial charge in [0.05, 0.1) is 5.52 Å². The molecular weight excluding hydrogens is 236 g/mol. The van der Waals surface area contributed by atoms with Crippen molar-refractivity contribution in [2.75, 3.05) is 5.73 Å². The quantitative estimate of drug-likeness (QED) is 0.382. The molecule has 3 heterocycles. The highest BCUT2D eigenvalue weighted by Crippen LogP contribution is 2.32. The molecule has 4 nitrogen and oxygen atoms in total. The number of hydrogen-bond donors (Lipinski definition) is 1. The first-order valence-corrected chi connectivity index (χ1v) is 5.99. The fraction of sp³-hybridized carbons (Fsp3) is 0. The van der Waals surface area contributed by atoms with Crippen molar-refractivity contribution in [2.45, 2.75) is 0 Å². The lowest BCUT2D eigenvalue weighted by Crippen LogP contribution is -1.91. The average molecular weight is 246 g/mol. The van der Waals surface area contributed by atoms with Crippen LogP contribution in [-0.4, -0.2) is 15.0 Å². The molecule has 0 radical (unpaired) electrons. The maximum Gasteiger partial charge on any atom is 0.0803 e. The minimum atomic E-state index is 0.746. The maximum absolute atomic E-state index is 6.14. The van der Waals surface area contributed by atoms with Gasteiger partial charge in [-0.25, -0.2) is 0 Å². The number of nitrogens with zero attached hydrogens (tertiary/aromatic N) is 3. The van der Waals surface area contributed by atoms with Crippen molar-refractivity contribution in [3.05, 3.63) is 49.2 Å². The number of nitrogens with two attached hydrogens (primary N) is 1. The van der Waals surface area contributed by atoms with Gasteiger partial charge in [0.15, 0.2) is 0 Å². The summed E-state index contributed by atoms with van der Waals surface area (Å²) in [4.78, 5) is 12.8. The van der Waals surface area contributed by atoms with Gasteiger partial charge in [0.25, 0.3) is 0 Å². The summed E-state index contributed by atoms with van der Waals surface area (Å²) in [7, 11) is 0. The zero-order valence-corrected chi connectivity index (χ0v) is 10.0. The molecule has 0 aliphatic heterocycles. The van der Waals surface area contributed by atoms with E-state index in [2.05, 4.69) is 15.0 Å². The lowest BCUT2D eigenvalue weighted by atomic mass is 10.0. The SMILES string of the molecule is Nc1cc2c3ccncc3cnc2c2cnccc12.